The van der Waals surface area contributed by atoms with E-state index >= 15 is 0 Å². The summed E-state index contributed by atoms with van der Waals surface area (Å²) in [4.78, 5) is 0. The number of rotatable bonds is 5. The standard InChI is InChI=1S/C14H20Cl2FN/c1-5-14(3,4)8-18-9(2)10-6-13(17)12(16)7-11(10)15/h6-7,9,18H,5,8H2,1-4H3. The SMILES string of the molecule is CCC(C)(C)CNC(C)c1cc(F)c(Cl)cc1Cl. The highest BCUT2D eigenvalue weighted by Crippen LogP contribution is 2.29. The van der Waals surface area contributed by atoms with Crippen molar-refractivity contribution in [3.8, 4) is 0 Å². The predicted octanol–water partition coefficient (Wildman–Crippen LogP) is 5.22. The third kappa shape index (κ3) is 4.11. The maximum absolute atomic E-state index is 13.4. The van der Waals surface area contributed by atoms with Crippen molar-refractivity contribution in [3.05, 3.63) is 33.6 Å². The maximum Gasteiger partial charge on any atom is 0.142 e. The monoisotopic (exact) mass is 291 g/mol. The Kier molecular flexibility index (Phi) is 5.45. The first-order valence-electron chi connectivity index (χ1n) is 6.14. The highest BCUT2D eigenvalue weighted by Gasteiger charge is 2.18. The second-order valence-electron chi connectivity index (χ2n) is 5.41. The fraction of sp³-hybridized carbons (Fsp3) is 0.571. The number of hydrogen-bond acceptors (Lipinski definition) is 1. The van der Waals surface area contributed by atoms with Crippen molar-refractivity contribution in [2.24, 2.45) is 5.41 Å². The van der Waals surface area contributed by atoms with Crippen LogP contribution in [-0.4, -0.2) is 6.54 Å². The molecule has 0 bridgehead atoms. The Morgan fingerprint density at radius 2 is 1.89 bits per heavy atom. The summed E-state index contributed by atoms with van der Waals surface area (Å²) < 4.78 is 13.4. The molecule has 1 aromatic rings. The molecule has 0 aliphatic carbocycles. The molecular weight excluding hydrogens is 272 g/mol. The lowest BCUT2D eigenvalue weighted by molar-refractivity contribution is 0.314. The van der Waals surface area contributed by atoms with Gasteiger partial charge in [-0.3, -0.25) is 0 Å². The lowest BCUT2D eigenvalue weighted by Gasteiger charge is -2.26. The largest absolute Gasteiger partial charge is 0.310 e. The topological polar surface area (TPSA) is 12.0 Å². The van der Waals surface area contributed by atoms with Gasteiger partial charge in [-0.25, -0.2) is 4.39 Å². The first kappa shape index (κ1) is 15.7. The minimum Gasteiger partial charge on any atom is -0.310 e. The molecule has 1 nitrogen and oxygen atoms in total. The summed E-state index contributed by atoms with van der Waals surface area (Å²) in [5.74, 6) is -0.431. The van der Waals surface area contributed by atoms with E-state index in [1.807, 2.05) is 6.92 Å². The molecule has 0 aliphatic heterocycles. The third-order valence-electron chi connectivity index (χ3n) is 3.35. The Balaban J connectivity index is 2.79. The minimum absolute atomic E-state index is 0.00454. The Bertz CT molecular complexity index is 419. The van der Waals surface area contributed by atoms with Crippen LogP contribution in [-0.2, 0) is 0 Å². The van der Waals surface area contributed by atoms with Gasteiger partial charge in [-0.2, -0.15) is 0 Å². The third-order valence-corrected chi connectivity index (χ3v) is 3.97. The second kappa shape index (κ2) is 6.23. The van der Waals surface area contributed by atoms with Crippen molar-refractivity contribution >= 4 is 23.2 Å². The van der Waals surface area contributed by atoms with Gasteiger partial charge in [0.2, 0.25) is 0 Å². The molecule has 0 fully saturated rings. The molecule has 0 heterocycles. The van der Waals surface area contributed by atoms with Crippen LogP contribution in [0.4, 0.5) is 4.39 Å². The zero-order valence-electron chi connectivity index (χ0n) is 11.3. The molecule has 0 radical (unpaired) electrons. The highest BCUT2D eigenvalue weighted by atomic mass is 35.5. The number of benzene rings is 1. The molecule has 1 aromatic carbocycles. The Hall–Kier alpha value is -0.310. The van der Waals surface area contributed by atoms with Crippen molar-refractivity contribution in [1.29, 1.82) is 0 Å². The van der Waals surface area contributed by atoms with E-state index in [1.54, 1.807) is 0 Å². The van der Waals surface area contributed by atoms with Crippen molar-refractivity contribution in [2.45, 2.75) is 40.2 Å². The summed E-state index contributed by atoms with van der Waals surface area (Å²) in [6.07, 6.45) is 1.08. The molecule has 1 atom stereocenters. The maximum atomic E-state index is 13.4. The molecular formula is C14H20Cl2FN. The Morgan fingerprint density at radius 3 is 2.44 bits per heavy atom. The van der Waals surface area contributed by atoms with Gasteiger partial charge in [-0.1, -0.05) is 44.0 Å². The zero-order chi connectivity index (χ0) is 13.9. The van der Waals surface area contributed by atoms with Gasteiger partial charge in [0.05, 0.1) is 5.02 Å². The fourth-order valence-electron chi connectivity index (χ4n) is 1.53. The summed E-state index contributed by atoms with van der Waals surface area (Å²) in [6, 6.07) is 2.85. The molecule has 4 heteroatoms. The van der Waals surface area contributed by atoms with Crippen molar-refractivity contribution in [3.63, 3.8) is 0 Å². The van der Waals surface area contributed by atoms with Gasteiger partial charge in [0, 0.05) is 17.6 Å². The van der Waals surface area contributed by atoms with Crippen LogP contribution < -0.4 is 5.32 Å². The molecule has 102 valence electrons. The van der Waals surface area contributed by atoms with Gasteiger partial charge in [0.15, 0.2) is 0 Å². The van der Waals surface area contributed by atoms with Gasteiger partial charge in [-0.05, 0) is 36.5 Å². The van der Waals surface area contributed by atoms with E-state index < -0.39 is 5.82 Å². The summed E-state index contributed by atoms with van der Waals surface area (Å²) in [5, 5.41) is 3.94. The molecule has 18 heavy (non-hydrogen) atoms. The molecule has 0 aliphatic rings. The predicted molar refractivity (Wildman–Crippen MR) is 76.9 cm³/mol. The zero-order valence-corrected chi connectivity index (χ0v) is 12.8. The summed E-state index contributed by atoms with van der Waals surface area (Å²) >= 11 is 11.8. The second-order valence-corrected chi connectivity index (χ2v) is 6.22. The van der Waals surface area contributed by atoms with Gasteiger partial charge in [0.1, 0.15) is 5.82 Å². The summed E-state index contributed by atoms with van der Waals surface area (Å²) in [7, 11) is 0. The summed E-state index contributed by atoms with van der Waals surface area (Å²) in [5.41, 5.74) is 0.955. The minimum atomic E-state index is -0.431. The Morgan fingerprint density at radius 1 is 1.28 bits per heavy atom. The molecule has 1 rings (SSSR count). The van der Waals surface area contributed by atoms with E-state index in [0.717, 1.165) is 18.5 Å². The van der Waals surface area contributed by atoms with Crippen LogP contribution in [0.3, 0.4) is 0 Å². The molecule has 0 aromatic heterocycles. The van der Waals surface area contributed by atoms with Gasteiger partial charge >= 0.3 is 0 Å². The molecule has 1 unspecified atom stereocenters. The first-order chi connectivity index (χ1) is 8.26. The lowest BCUT2D eigenvalue weighted by atomic mass is 9.90. The highest BCUT2D eigenvalue weighted by molar-refractivity contribution is 6.35. The fourth-order valence-corrected chi connectivity index (χ4v) is 2.08. The van der Waals surface area contributed by atoms with E-state index in [0.29, 0.717) is 5.02 Å². The van der Waals surface area contributed by atoms with Crippen molar-refractivity contribution in [1.82, 2.24) is 5.32 Å². The van der Waals surface area contributed by atoms with Gasteiger partial charge in [0.25, 0.3) is 0 Å². The van der Waals surface area contributed by atoms with Crippen LogP contribution in [0.15, 0.2) is 12.1 Å². The van der Waals surface area contributed by atoms with E-state index in [4.69, 9.17) is 23.2 Å². The van der Waals surface area contributed by atoms with Crippen LogP contribution in [0.2, 0.25) is 10.0 Å². The Labute approximate surface area is 119 Å². The number of nitrogens with one attached hydrogen (secondary N) is 1. The van der Waals surface area contributed by atoms with Crippen LogP contribution >= 0.6 is 23.2 Å². The normalized spacial score (nSPS) is 13.7. The quantitative estimate of drug-likeness (QED) is 0.734. The first-order valence-corrected chi connectivity index (χ1v) is 6.90. The van der Waals surface area contributed by atoms with E-state index in [1.165, 1.54) is 12.1 Å². The molecule has 0 saturated carbocycles. The van der Waals surface area contributed by atoms with Crippen LogP contribution in [0.5, 0.6) is 0 Å². The van der Waals surface area contributed by atoms with Crippen LogP contribution in [0.25, 0.3) is 0 Å². The van der Waals surface area contributed by atoms with Gasteiger partial charge < -0.3 is 5.32 Å². The molecule has 0 amide bonds. The van der Waals surface area contributed by atoms with Gasteiger partial charge in [-0.15, -0.1) is 0 Å². The van der Waals surface area contributed by atoms with E-state index in [-0.39, 0.29) is 16.5 Å². The average molecular weight is 292 g/mol. The van der Waals surface area contributed by atoms with Crippen LogP contribution in [0.1, 0.15) is 45.7 Å². The smallest absolute Gasteiger partial charge is 0.142 e. The molecule has 1 N–H and O–H groups in total. The molecule has 0 saturated heterocycles. The average Bonchev–Trinajstić information content (AvgIpc) is 2.31. The lowest BCUT2D eigenvalue weighted by Crippen LogP contribution is -2.31. The summed E-state index contributed by atoms with van der Waals surface area (Å²) in [6.45, 7) is 9.36. The van der Waals surface area contributed by atoms with Crippen molar-refractivity contribution in [2.75, 3.05) is 6.54 Å². The number of halogens is 3. The van der Waals surface area contributed by atoms with Crippen molar-refractivity contribution < 1.29 is 4.39 Å². The van der Waals surface area contributed by atoms with E-state index in [9.17, 15) is 4.39 Å². The van der Waals surface area contributed by atoms with E-state index in [2.05, 4.69) is 26.1 Å². The number of hydrogen-bond donors (Lipinski definition) is 1. The molecule has 0 spiro atoms. The van der Waals surface area contributed by atoms with Crippen LogP contribution in [0, 0.1) is 11.2 Å².